The summed E-state index contributed by atoms with van der Waals surface area (Å²) in [6.07, 6.45) is 2.06. The van der Waals surface area contributed by atoms with Crippen molar-refractivity contribution < 1.29 is 19.5 Å². The fraction of sp³-hybridized carbons (Fsp3) is 0.522. The van der Waals surface area contributed by atoms with Crippen molar-refractivity contribution in [1.82, 2.24) is 15.1 Å². The molecule has 7 nitrogen and oxygen atoms in total. The minimum atomic E-state index is -0.312. The number of Topliss-reactive ketones (excluding diaryl/α,β-unsaturated/α-hetero) is 2. The fourth-order valence-electron chi connectivity index (χ4n) is 4.05. The molecule has 1 amide bonds. The van der Waals surface area contributed by atoms with Gasteiger partial charge in [0, 0.05) is 55.9 Å². The molecule has 30 heavy (non-hydrogen) atoms. The SMILES string of the molecule is CC1=C(CCCC(=O)NCCCN2CCN(C)CC2)C(=O)c2c(O)cccc2C1=O. The maximum Gasteiger partial charge on any atom is 0.220 e. The molecule has 0 atom stereocenters. The molecule has 2 N–H and O–H groups in total. The first-order valence-corrected chi connectivity index (χ1v) is 10.7. The second-order valence-electron chi connectivity index (χ2n) is 8.16. The van der Waals surface area contributed by atoms with Crippen LogP contribution >= 0.6 is 0 Å². The van der Waals surface area contributed by atoms with Crippen LogP contribution in [0.4, 0.5) is 0 Å². The van der Waals surface area contributed by atoms with E-state index in [0.29, 0.717) is 37.0 Å². The number of rotatable bonds is 8. The molecule has 1 aliphatic carbocycles. The third-order valence-electron chi connectivity index (χ3n) is 5.98. The second-order valence-corrected chi connectivity index (χ2v) is 8.16. The molecular weight excluding hydrogens is 382 g/mol. The first kappa shape index (κ1) is 22.2. The summed E-state index contributed by atoms with van der Waals surface area (Å²) in [5, 5.41) is 13.0. The van der Waals surface area contributed by atoms with Gasteiger partial charge < -0.3 is 20.2 Å². The van der Waals surface area contributed by atoms with Gasteiger partial charge in [-0.25, -0.2) is 0 Å². The number of phenolic OH excluding ortho intramolecular Hbond substituents is 1. The second kappa shape index (κ2) is 10.00. The van der Waals surface area contributed by atoms with E-state index in [1.165, 1.54) is 6.07 Å². The van der Waals surface area contributed by atoms with Crippen molar-refractivity contribution in [3.05, 3.63) is 40.5 Å². The smallest absolute Gasteiger partial charge is 0.220 e. The van der Waals surface area contributed by atoms with Crippen molar-refractivity contribution in [2.75, 3.05) is 46.3 Å². The van der Waals surface area contributed by atoms with Gasteiger partial charge in [-0.3, -0.25) is 14.4 Å². The minimum absolute atomic E-state index is 0.0375. The number of carbonyl (C=O) groups excluding carboxylic acids is 3. The number of piperazine rings is 1. The predicted octanol–water partition coefficient (Wildman–Crippen LogP) is 2.01. The van der Waals surface area contributed by atoms with Crippen LogP contribution in [-0.2, 0) is 4.79 Å². The number of fused-ring (bicyclic) bond motifs is 1. The number of aromatic hydroxyl groups is 1. The monoisotopic (exact) mass is 413 g/mol. The number of carbonyl (C=O) groups is 3. The summed E-state index contributed by atoms with van der Waals surface area (Å²) >= 11 is 0. The van der Waals surface area contributed by atoms with E-state index < -0.39 is 0 Å². The normalized spacial score (nSPS) is 17.9. The number of nitrogens with zero attached hydrogens (tertiary/aromatic N) is 2. The van der Waals surface area contributed by atoms with Crippen molar-refractivity contribution in [3.8, 4) is 5.75 Å². The lowest BCUT2D eigenvalue weighted by molar-refractivity contribution is -0.121. The minimum Gasteiger partial charge on any atom is -0.507 e. The highest BCUT2D eigenvalue weighted by molar-refractivity contribution is 6.27. The van der Waals surface area contributed by atoms with Gasteiger partial charge in [-0.05, 0) is 45.8 Å². The Kier molecular flexibility index (Phi) is 7.39. The summed E-state index contributed by atoms with van der Waals surface area (Å²) < 4.78 is 0. The predicted molar refractivity (Wildman–Crippen MR) is 115 cm³/mol. The zero-order valence-electron chi connectivity index (χ0n) is 17.9. The van der Waals surface area contributed by atoms with Crippen molar-refractivity contribution in [1.29, 1.82) is 0 Å². The number of nitrogens with one attached hydrogen (secondary N) is 1. The van der Waals surface area contributed by atoms with Gasteiger partial charge in [0.2, 0.25) is 5.91 Å². The molecule has 0 radical (unpaired) electrons. The van der Waals surface area contributed by atoms with E-state index in [0.717, 1.165) is 39.1 Å². The Hall–Kier alpha value is -2.51. The zero-order chi connectivity index (χ0) is 21.7. The summed E-state index contributed by atoms with van der Waals surface area (Å²) in [6.45, 7) is 7.59. The van der Waals surface area contributed by atoms with Crippen LogP contribution < -0.4 is 5.32 Å². The van der Waals surface area contributed by atoms with Crippen molar-refractivity contribution in [3.63, 3.8) is 0 Å². The Labute approximate surface area is 177 Å². The van der Waals surface area contributed by atoms with E-state index in [2.05, 4.69) is 22.2 Å². The molecule has 1 aromatic rings. The lowest BCUT2D eigenvalue weighted by Crippen LogP contribution is -2.45. The van der Waals surface area contributed by atoms with Gasteiger partial charge in [-0.15, -0.1) is 0 Å². The number of hydrogen-bond acceptors (Lipinski definition) is 6. The number of ketones is 2. The van der Waals surface area contributed by atoms with Gasteiger partial charge in [-0.1, -0.05) is 12.1 Å². The summed E-state index contributed by atoms with van der Waals surface area (Å²) in [5.41, 5.74) is 1.14. The highest BCUT2D eigenvalue weighted by Gasteiger charge is 2.31. The molecule has 3 rings (SSSR count). The highest BCUT2D eigenvalue weighted by atomic mass is 16.3. The van der Waals surface area contributed by atoms with Gasteiger partial charge in [0.1, 0.15) is 5.75 Å². The van der Waals surface area contributed by atoms with Gasteiger partial charge >= 0.3 is 0 Å². The first-order valence-electron chi connectivity index (χ1n) is 10.7. The van der Waals surface area contributed by atoms with Crippen LogP contribution in [0.1, 0.15) is 53.3 Å². The van der Waals surface area contributed by atoms with Crippen LogP contribution in [0.25, 0.3) is 0 Å². The molecule has 1 fully saturated rings. The van der Waals surface area contributed by atoms with E-state index in [-0.39, 0.29) is 34.4 Å². The number of likely N-dealkylation sites (N-methyl/N-ethyl adjacent to an activating group) is 1. The van der Waals surface area contributed by atoms with Gasteiger partial charge in [0.15, 0.2) is 11.6 Å². The van der Waals surface area contributed by atoms with E-state index in [4.69, 9.17) is 0 Å². The standard InChI is InChI=1S/C23H31N3O4/c1-16-17(23(30)21-18(22(16)29)7-3-8-19(21)27)6-4-9-20(28)24-10-5-11-26-14-12-25(2)13-15-26/h3,7-8,27H,4-6,9-15H2,1-2H3,(H,24,28). The van der Waals surface area contributed by atoms with Gasteiger partial charge in [-0.2, -0.15) is 0 Å². The highest BCUT2D eigenvalue weighted by Crippen LogP contribution is 2.33. The lowest BCUT2D eigenvalue weighted by Gasteiger charge is -2.32. The zero-order valence-corrected chi connectivity index (χ0v) is 17.9. The summed E-state index contributed by atoms with van der Waals surface area (Å²) in [6, 6.07) is 4.54. The molecule has 0 unspecified atom stereocenters. The molecule has 0 aromatic heterocycles. The molecule has 0 saturated carbocycles. The summed E-state index contributed by atoms with van der Waals surface area (Å²) in [7, 11) is 2.13. The van der Waals surface area contributed by atoms with Crippen LogP contribution in [0.15, 0.2) is 29.3 Å². The Morgan fingerprint density at radius 3 is 2.57 bits per heavy atom. The number of hydrogen-bond donors (Lipinski definition) is 2. The van der Waals surface area contributed by atoms with Crippen LogP contribution in [-0.4, -0.2) is 78.7 Å². The molecule has 0 bridgehead atoms. The van der Waals surface area contributed by atoms with E-state index >= 15 is 0 Å². The van der Waals surface area contributed by atoms with Crippen molar-refractivity contribution >= 4 is 17.5 Å². The quantitative estimate of drug-likeness (QED) is 0.634. The first-order chi connectivity index (χ1) is 14.4. The number of phenols is 1. The lowest BCUT2D eigenvalue weighted by atomic mass is 9.82. The molecule has 2 aliphatic rings. The maximum atomic E-state index is 12.8. The topological polar surface area (TPSA) is 90.0 Å². The number of benzene rings is 1. The van der Waals surface area contributed by atoms with Crippen LogP contribution in [0.2, 0.25) is 0 Å². The Morgan fingerprint density at radius 1 is 1.10 bits per heavy atom. The average molecular weight is 414 g/mol. The van der Waals surface area contributed by atoms with E-state index in [1.807, 2.05) is 0 Å². The Morgan fingerprint density at radius 2 is 1.83 bits per heavy atom. The largest absolute Gasteiger partial charge is 0.507 e. The van der Waals surface area contributed by atoms with Crippen LogP contribution in [0.5, 0.6) is 5.75 Å². The molecular formula is C23H31N3O4. The molecule has 1 aliphatic heterocycles. The molecule has 0 spiro atoms. The van der Waals surface area contributed by atoms with E-state index in [9.17, 15) is 19.5 Å². The third-order valence-corrected chi connectivity index (χ3v) is 5.98. The third kappa shape index (κ3) is 5.15. The number of allylic oxidation sites excluding steroid dienone is 2. The Balaban J connectivity index is 1.42. The van der Waals surface area contributed by atoms with Gasteiger partial charge in [0.25, 0.3) is 0 Å². The molecule has 162 valence electrons. The summed E-state index contributed by atoms with van der Waals surface area (Å²) in [4.78, 5) is 42.2. The summed E-state index contributed by atoms with van der Waals surface area (Å²) in [5.74, 6) is -0.755. The van der Waals surface area contributed by atoms with Gasteiger partial charge in [0.05, 0.1) is 5.56 Å². The molecule has 1 heterocycles. The average Bonchev–Trinajstić information content (AvgIpc) is 2.73. The van der Waals surface area contributed by atoms with Crippen LogP contribution in [0, 0.1) is 0 Å². The number of amides is 1. The van der Waals surface area contributed by atoms with Crippen molar-refractivity contribution in [2.24, 2.45) is 0 Å². The molecule has 1 aromatic carbocycles. The van der Waals surface area contributed by atoms with Crippen LogP contribution in [0.3, 0.4) is 0 Å². The Bertz CT molecular complexity index is 854. The van der Waals surface area contributed by atoms with Crippen molar-refractivity contribution in [2.45, 2.75) is 32.6 Å². The maximum absolute atomic E-state index is 12.8. The van der Waals surface area contributed by atoms with E-state index in [1.54, 1.807) is 19.1 Å². The molecule has 7 heteroatoms. The fourth-order valence-corrected chi connectivity index (χ4v) is 4.05. The molecule has 1 saturated heterocycles.